The van der Waals surface area contributed by atoms with Crippen molar-refractivity contribution in [3.05, 3.63) is 29.0 Å². The molecule has 2 unspecified atom stereocenters. The fourth-order valence-corrected chi connectivity index (χ4v) is 3.12. The standard InChI is InChI=1S/C10H13ClFN3O2S/c1-6-4-10(14-13-6)15-18(16,17)7-2-3-9(12)8(11)5-7/h2-3,5-6,10,13-15H,4H2,1H3. The van der Waals surface area contributed by atoms with Crippen LogP contribution in [0.4, 0.5) is 4.39 Å². The minimum Gasteiger partial charge on any atom is -0.253 e. The Balaban J connectivity index is 2.17. The van der Waals surface area contributed by atoms with E-state index in [4.69, 9.17) is 11.6 Å². The van der Waals surface area contributed by atoms with Crippen LogP contribution in [0.25, 0.3) is 0 Å². The lowest BCUT2D eigenvalue weighted by molar-refractivity contribution is 0.505. The molecule has 2 atom stereocenters. The highest BCUT2D eigenvalue weighted by Crippen LogP contribution is 2.19. The molecule has 1 aromatic rings. The minimum absolute atomic E-state index is 0.0600. The summed E-state index contributed by atoms with van der Waals surface area (Å²) >= 11 is 5.56. The largest absolute Gasteiger partial charge is 0.253 e. The quantitative estimate of drug-likeness (QED) is 0.777. The Labute approximate surface area is 110 Å². The van der Waals surface area contributed by atoms with E-state index in [1.54, 1.807) is 0 Å². The average molecular weight is 294 g/mol. The molecule has 1 saturated heterocycles. The second-order valence-electron chi connectivity index (χ2n) is 4.18. The summed E-state index contributed by atoms with van der Waals surface area (Å²) in [7, 11) is -3.71. The number of hydrogen-bond donors (Lipinski definition) is 3. The Kier molecular flexibility index (Phi) is 3.88. The van der Waals surface area contributed by atoms with Crippen LogP contribution >= 0.6 is 11.6 Å². The Morgan fingerprint density at radius 2 is 2.17 bits per heavy atom. The van der Waals surface area contributed by atoms with Crippen LogP contribution in [-0.2, 0) is 10.0 Å². The Bertz CT molecular complexity index is 552. The smallest absolute Gasteiger partial charge is 0.242 e. The summed E-state index contributed by atoms with van der Waals surface area (Å²) in [4.78, 5) is -0.0600. The molecule has 0 spiro atoms. The first-order valence-corrected chi connectivity index (χ1v) is 7.23. The maximum Gasteiger partial charge on any atom is 0.242 e. The fraction of sp³-hybridized carbons (Fsp3) is 0.400. The summed E-state index contributed by atoms with van der Waals surface area (Å²) in [5, 5.41) is -0.219. The van der Waals surface area contributed by atoms with Gasteiger partial charge in [0, 0.05) is 6.04 Å². The normalized spacial score (nSPS) is 24.4. The van der Waals surface area contributed by atoms with Crippen molar-refractivity contribution >= 4 is 21.6 Å². The van der Waals surface area contributed by atoms with Crippen LogP contribution in [0.3, 0.4) is 0 Å². The summed E-state index contributed by atoms with van der Waals surface area (Å²) < 4.78 is 39.4. The minimum atomic E-state index is -3.71. The number of hydrazine groups is 1. The predicted molar refractivity (Wildman–Crippen MR) is 65.9 cm³/mol. The van der Waals surface area contributed by atoms with E-state index in [0.717, 1.165) is 12.1 Å². The Morgan fingerprint density at radius 3 is 2.72 bits per heavy atom. The molecule has 1 aliphatic rings. The molecule has 5 nitrogen and oxygen atoms in total. The van der Waals surface area contributed by atoms with Gasteiger partial charge in [-0.3, -0.25) is 5.43 Å². The van der Waals surface area contributed by atoms with E-state index in [1.807, 2.05) is 6.92 Å². The van der Waals surface area contributed by atoms with Gasteiger partial charge in [0.1, 0.15) is 5.82 Å². The lowest BCUT2D eigenvalue weighted by Crippen LogP contribution is -2.44. The first-order valence-electron chi connectivity index (χ1n) is 5.37. The van der Waals surface area contributed by atoms with Gasteiger partial charge in [-0.15, -0.1) is 0 Å². The molecule has 0 aliphatic carbocycles. The van der Waals surface area contributed by atoms with Crippen molar-refractivity contribution in [3.8, 4) is 0 Å². The summed E-state index contributed by atoms with van der Waals surface area (Å²) in [5.74, 6) is -0.648. The molecule has 18 heavy (non-hydrogen) atoms. The highest BCUT2D eigenvalue weighted by Gasteiger charge is 2.26. The third-order valence-electron chi connectivity index (χ3n) is 2.59. The molecule has 2 rings (SSSR count). The van der Waals surface area contributed by atoms with Gasteiger partial charge in [-0.05, 0) is 31.5 Å². The molecular formula is C10H13ClFN3O2S. The average Bonchev–Trinajstić information content (AvgIpc) is 2.67. The first-order chi connectivity index (χ1) is 8.38. The molecule has 0 radical (unpaired) electrons. The van der Waals surface area contributed by atoms with Crippen LogP contribution in [0.2, 0.25) is 5.02 Å². The van der Waals surface area contributed by atoms with Gasteiger partial charge in [-0.25, -0.2) is 18.2 Å². The Hall–Kier alpha value is -0.730. The van der Waals surface area contributed by atoms with Crippen molar-refractivity contribution in [2.75, 3.05) is 0 Å². The maximum atomic E-state index is 13.0. The highest BCUT2D eigenvalue weighted by molar-refractivity contribution is 7.89. The van der Waals surface area contributed by atoms with Gasteiger partial charge >= 0.3 is 0 Å². The zero-order valence-corrected chi connectivity index (χ0v) is 11.1. The Morgan fingerprint density at radius 1 is 1.44 bits per heavy atom. The van der Waals surface area contributed by atoms with Crippen LogP contribution in [0.15, 0.2) is 23.1 Å². The van der Waals surface area contributed by atoms with Gasteiger partial charge in [-0.2, -0.15) is 4.72 Å². The van der Waals surface area contributed by atoms with Crippen LogP contribution in [0.1, 0.15) is 13.3 Å². The molecule has 0 amide bonds. The third kappa shape index (κ3) is 2.99. The van der Waals surface area contributed by atoms with Crippen molar-refractivity contribution in [1.82, 2.24) is 15.6 Å². The predicted octanol–water partition coefficient (Wildman–Crippen LogP) is 0.970. The van der Waals surface area contributed by atoms with Crippen LogP contribution in [0, 0.1) is 5.82 Å². The van der Waals surface area contributed by atoms with E-state index in [-0.39, 0.29) is 16.0 Å². The lowest BCUT2D eigenvalue weighted by Gasteiger charge is -2.12. The second kappa shape index (κ2) is 5.10. The summed E-state index contributed by atoms with van der Waals surface area (Å²) in [6, 6.07) is 3.47. The van der Waals surface area contributed by atoms with E-state index >= 15 is 0 Å². The molecule has 1 fully saturated rings. The SMILES string of the molecule is CC1CC(NS(=O)(=O)c2ccc(F)c(Cl)c2)NN1. The molecule has 1 aliphatic heterocycles. The number of hydrogen-bond acceptors (Lipinski definition) is 4. The molecule has 0 saturated carbocycles. The number of halogens is 2. The molecule has 8 heteroatoms. The monoisotopic (exact) mass is 293 g/mol. The van der Waals surface area contributed by atoms with E-state index in [9.17, 15) is 12.8 Å². The van der Waals surface area contributed by atoms with Crippen molar-refractivity contribution in [1.29, 1.82) is 0 Å². The zero-order valence-electron chi connectivity index (χ0n) is 9.57. The van der Waals surface area contributed by atoms with Gasteiger partial charge in [0.25, 0.3) is 0 Å². The maximum absolute atomic E-state index is 13.0. The molecular weight excluding hydrogens is 281 g/mol. The molecule has 1 heterocycles. The topological polar surface area (TPSA) is 70.2 Å². The van der Waals surface area contributed by atoms with Crippen molar-refractivity contribution < 1.29 is 12.8 Å². The molecule has 3 N–H and O–H groups in total. The van der Waals surface area contributed by atoms with E-state index in [2.05, 4.69) is 15.6 Å². The van der Waals surface area contributed by atoms with Gasteiger partial charge in [0.2, 0.25) is 10.0 Å². The summed E-state index contributed by atoms with van der Waals surface area (Å²) in [6.07, 6.45) is 0.225. The van der Waals surface area contributed by atoms with Crippen LogP contribution in [0.5, 0.6) is 0 Å². The second-order valence-corrected chi connectivity index (χ2v) is 6.30. The van der Waals surface area contributed by atoms with Crippen molar-refractivity contribution in [2.24, 2.45) is 0 Å². The molecule has 1 aromatic carbocycles. The summed E-state index contributed by atoms with van der Waals surface area (Å²) in [5.41, 5.74) is 5.71. The summed E-state index contributed by atoms with van der Waals surface area (Å²) in [6.45, 7) is 1.93. The van der Waals surface area contributed by atoms with Crippen LogP contribution < -0.4 is 15.6 Å². The lowest BCUT2D eigenvalue weighted by atomic mass is 10.2. The van der Waals surface area contributed by atoms with Crippen molar-refractivity contribution in [2.45, 2.75) is 30.4 Å². The van der Waals surface area contributed by atoms with Crippen molar-refractivity contribution in [3.63, 3.8) is 0 Å². The number of nitrogens with one attached hydrogen (secondary N) is 3. The van der Waals surface area contributed by atoms with Gasteiger partial charge in [-0.1, -0.05) is 11.6 Å². The fourth-order valence-electron chi connectivity index (χ4n) is 1.69. The van der Waals surface area contributed by atoms with E-state index in [1.165, 1.54) is 6.07 Å². The van der Waals surface area contributed by atoms with E-state index < -0.39 is 22.0 Å². The van der Waals surface area contributed by atoms with Gasteiger partial charge in [0.15, 0.2) is 0 Å². The van der Waals surface area contributed by atoms with Gasteiger partial charge < -0.3 is 0 Å². The number of rotatable bonds is 3. The molecule has 100 valence electrons. The molecule has 0 bridgehead atoms. The van der Waals surface area contributed by atoms with Crippen LogP contribution in [-0.4, -0.2) is 20.6 Å². The highest BCUT2D eigenvalue weighted by atomic mass is 35.5. The first kappa shape index (κ1) is 13.7. The number of benzene rings is 1. The number of sulfonamides is 1. The molecule has 0 aromatic heterocycles. The zero-order chi connectivity index (χ0) is 13.3. The third-order valence-corrected chi connectivity index (χ3v) is 4.35. The van der Waals surface area contributed by atoms with Gasteiger partial charge in [0.05, 0.1) is 16.1 Å². The van der Waals surface area contributed by atoms with E-state index in [0.29, 0.717) is 6.42 Å².